The van der Waals surface area contributed by atoms with Crippen LogP contribution < -0.4 is 5.32 Å². The molecule has 1 rings (SSSR count). The third-order valence-electron chi connectivity index (χ3n) is 15.4. The lowest BCUT2D eigenvalue weighted by molar-refractivity contribution is -0.302. The van der Waals surface area contributed by atoms with Gasteiger partial charge >= 0.3 is 0 Å². The van der Waals surface area contributed by atoms with E-state index in [1.165, 1.54) is 244 Å². The van der Waals surface area contributed by atoms with Gasteiger partial charge in [-0.3, -0.25) is 4.79 Å². The summed E-state index contributed by atoms with van der Waals surface area (Å²) in [6.07, 6.45) is 57.4. The standard InChI is InChI=1S/C63H121NO9/c1-3-5-7-9-11-13-15-17-19-21-22-23-24-25-26-27-28-29-30-31-32-33-34-36-38-40-42-44-46-48-50-52-57(67)62(71)64-55(54-72-63-61(70)60(69)59(68)58(53-65)73-63)56(66)51-49-47-45-43-41-39-37-35-20-18-16-14-12-10-8-6-4-2/h41,43,49,51,55-61,63,65-70H,3-40,42,44-48,50,52-54H2,1-2H3,(H,64,71)/b43-41+,51-49+. The van der Waals surface area contributed by atoms with Crippen LogP contribution in [0.2, 0.25) is 0 Å². The Morgan fingerprint density at radius 1 is 0.466 bits per heavy atom. The minimum atomic E-state index is -1.61. The highest BCUT2D eigenvalue weighted by atomic mass is 16.7. The van der Waals surface area contributed by atoms with E-state index >= 15 is 0 Å². The van der Waals surface area contributed by atoms with Crippen molar-refractivity contribution in [3.8, 4) is 0 Å². The van der Waals surface area contributed by atoms with Gasteiger partial charge in [0.2, 0.25) is 5.91 Å². The Morgan fingerprint density at radius 2 is 0.808 bits per heavy atom. The van der Waals surface area contributed by atoms with Gasteiger partial charge in [-0.2, -0.15) is 0 Å². The zero-order valence-electron chi connectivity index (χ0n) is 47.8. The number of hydrogen-bond acceptors (Lipinski definition) is 9. The van der Waals surface area contributed by atoms with Crippen molar-refractivity contribution < 1.29 is 44.9 Å². The van der Waals surface area contributed by atoms with Gasteiger partial charge in [0, 0.05) is 0 Å². The molecule has 0 aliphatic carbocycles. The molecule has 1 heterocycles. The normalized spacial score (nSPS) is 19.6. The van der Waals surface area contributed by atoms with Crippen LogP contribution >= 0.6 is 0 Å². The Labute approximate surface area is 450 Å². The number of amides is 1. The summed E-state index contributed by atoms with van der Waals surface area (Å²) < 4.78 is 11.2. The van der Waals surface area contributed by atoms with E-state index in [9.17, 15) is 35.4 Å². The number of aliphatic hydroxyl groups is 6. The summed E-state index contributed by atoms with van der Waals surface area (Å²) in [5.74, 6) is -0.620. The monoisotopic (exact) mass is 1040 g/mol. The van der Waals surface area contributed by atoms with Gasteiger partial charge in [-0.25, -0.2) is 0 Å². The predicted octanol–water partition coefficient (Wildman–Crippen LogP) is 15.1. The molecule has 10 nitrogen and oxygen atoms in total. The average Bonchev–Trinajstić information content (AvgIpc) is 3.39. The second-order valence-corrected chi connectivity index (χ2v) is 22.3. The van der Waals surface area contributed by atoms with Crippen LogP contribution in [-0.4, -0.2) is 98.7 Å². The van der Waals surface area contributed by atoms with Gasteiger partial charge in [0.25, 0.3) is 0 Å². The molecule has 1 aliphatic rings. The summed E-state index contributed by atoms with van der Waals surface area (Å²) in [7, 11) is 0. The van der Waals surface area contributed by atoms with Crippen molar-refractivity contribution in [1.29, 1.82) is 0 Å². The Bertz CT molecular complexity index is 1220. The van der Waals surface area contributed by atoms with Crippen LogP contribution in [0.15, 0.2) is 24.3 Å². The molecule has 73 heavy (non-hydrogen) atoms. The fraction of sp³-hybridized carbons (Fsp3) is 0.921. The smallest absolute Gasteiger partial charge is 0.249 e. The maximum absolute atomic E-state index is 13.1. The van der Waals surface area contributed by atoms with Crippen molar-refractivity contribution in [3.05, 3.63) is 24.3 Å². The number of hydrogen-bond donors (Lipinski definition) is 7. The first-order valence-corrected chi connectivity index (χ1v) is 31.7. The lowest BCUT2D eigenvalue weighted by Crippen LogP contribution is -2.60. The van der Waals surface area contributed by atoms with E-state index in [2.05, 4.69) is 31.3 Å². The topological polar surface area (TPSA) is 169 Å². The Hall–Kier alpha value is -1.37. The fourth-order valence-corrected chi connectivity index (χ4v) is 10.3. The quantitative estimate of drug-likeness (QED) is 0.0232. The minimum Gasteiger partial charge on any atom is -0.394 e. The molecule has 0 aromatic rings. The largest absolute Gasteiger partial charge is 0.394 e. The molecular weight excluding hydrogens is 915 g/mol. The molecule has 1 aliphatic heterocycles. The molecule has 1 saturated heterocycles. The van der Waals surface area contributed by atoms with E-state index < -0.39 is 61.5 Å². The molecule has 10 heteroatoms. The minimum absolute atomic E-state index is 0.309. The third kappa shape index (κ3) is 41.4. The van der Waals surface area contributed by atoms with E-state index in [1.54, 1.807) is 6.08 Å². The second kappa shape index (κ2) is 52.7. The maximum atomic E-state index is 13.1. The summed E-state index contributed by atoms with van der Waals surface area (Å²) in [6, 6.07) is -0.995. The third-order valence-corrected chi connectivity index (χ3v) is 15.4. The van der Waals surface area contributed by atoms with Gasteiger partial charge < -0.3 is 45.4 Å². The molecule has 0 bridgehead atoms. The molecule has 432 valence electrons. The molecule has 8 atom stereocenters. The molecule has 0 spiro atoms. The molecule has 0 aromatic carbocycles. The maximum Gasteiger partial charge on any atom is 0.249 e. The van der Waals surface area contributed by atoms with Crippen LogP contribution in [0.4, 0.5) is 0 Å². The number of allylic oxidation sites excluding steroid dienone is 3. The number of rotatable bonds is 55. The van der Waals surface area contributed by atoms with Gasteiger partial charge in [0.1, 0.15) is 30.5 Å². The lowest BCUT2D eigenvalue weighted by atomic mass is 9.99. The highest BCUT2D eigenvalue weighted by molar-refractivity contribution is 5.80. The number of carbonyl (C=O) groups excluding carboxylic acids is 1. The van der Waals surface area contributed by atoms with E-state index in [1.807, 2.05) is 6.08 Å². The second-order valence-electron chi connectivity index (χ2n) is 22.3. The van der Waals surface area contributed by atoms with E-state index in [4.69, 9.17) is 9.47 Å². The van der Waals surface area contributed by atoms with Crippen LogP contribution in [0, 0.1) is 0 Å². The molecule has 1 amide bonds. The predicted molar refractivity (Wildman–Crippen MR) is 306 cm³/mol. The fourth-order valence-electron chi connectivity index (χ4n) is 10.3. The average molecular weight is 1040 g/mol. The highest BCUT2D eigenvalue weighted by Gasteiger charge is 2.44. The zero-order valence-corrected chi connectivity index (χ0v) is 47.8. The van der Waals surface area contributed by atoms with Gasteiger partial charge in [-0.15, -0.1) is 0 Å². The Morgan fingerprint density at radius 3 is 1.19 bits per heavy atom. The van der Waals surface area contributed by atoms with Crippen LogP contribution in [0.25, 0.3) is 0 Å². The molecular formula is C63H121NO9. The summed E-state index contributed by atoms with van der Waals surface area (Å²) in [5.41, 5.74) is 0. The summed E-state index contributed by atoms with van der Waals surface area (Å²) in [6.45, 7) is 3.64. The van der Waals surface area contributed by atoms with Crippen molar-refractivity contribution in [3.63, 3.8) is 0 Å². The van der Waals surface area contributed by atoms with E-state index in [0.717, 1.165) is 38.5 Å². The SMILES string of the molecule is CCCCCCCCCCCCC/C=C/CC/C=C/C(O)C(COC1OC(CO)C(O)C(O)C1O)NC(=O)C(O)CCCCCCCCCCCCCCCCCCCCCCCCCCCCCCCCC. The Kier molecular flexibility index (Phi) is 50.3. The van der Waals surface area contributed by atoms with Crippen LogP contribution in [0.5, 0.6) is 0 Å². The van der Waals surface area contributed by atoms with Crippen LogP contribution in [0.3, 0.4) is 0 Å². The van der Waals surface area contributed by atoms with Crippen molar-refractivity contribution in [2.75, 3.05) is 13.2 Å². The zero-order chi connectivity index (χ0) is 53.1. The van der Waals surface area contributed by atoms with Gasteiger partial charge in [0.15, 0.2) is 6.29 Å². The first-order valence-electron chi connectivity index (χ1n) is 31.7. The molecule has 0 saturated carbocycles. The van der Waals surface area contributed by atoms with Gasteiger partial charge in [0.05, 0.1) is 25.4 Å². The summed E-state index contributed by atoms with van der Waals surface area (Å²) in [4.78, 5) is 13.1. The van der Waals surface area contributed by atoms with E-state index in [0.29, 0.717) is 12.8 Å². The molecule has 8 unspecified atom stereocenters. The van der Waals surface area contributed by atoms with Crippen molar-refractivity contribution in [2.24, 2.45) is 0 Å². The van der Waals surface area contributed by atoms with Crippen LogP contribution in [-0.2, 0) is 14.3 Å². The number of nitrogens with one attached hydrogen (secondary N) is 1. The summed E-state index contributed by atoms with van der Waals surface area (Å²) >= 11 is 0. The lowest BCUT2D eigenvalue weighted by Gasteiger charge is -2.40. The molecule has 7 N–H and O–H groups in total. The number of unbranched alkanes of at least 4 members (excludes halogenated alkanes) is 42. The number of ether oxygens (including phenoxy) is 2. The van der Waals surface area contributed by atoms with Crippen LogP contribution in [0.1, 0.15) is 309 Å². The highest BCUT2D eigenvalue weighted by Crippen LogP contribution is 2.23. The van der Waals surface area contributed by atoms with Gasteiger partial charge in [-0.1, -0.05) is 301 Å². The number of aliphatic hydroxyl groups excluding tert-OH is 6. The molecule has 1 fully saturated rings. The Balaban J connectivity index is 2.17. The van der Waals surface area contributed by atoms with Crippen molar-refractivity contribution >= 4 is 5.91 Å². The van der Waals surface area contributed by atoms with Crippen molar-refractivity contribution in [1.82, 2.24) is 5.32 Å². The first kappa shape index (κ1) is 69.6. The van der Waals surface area contributed by atoms with Gasteiger partial charge in [-0.05, 0) is 32.1 Å². The molecule has 0 radical (unpaired) electrons. The number of carbonyl (C=O) groups is 1. The first-order chi connectivity index (χ1) is 35.8. The summed E-state index contributed by atoms with van der Waals surface area (Å²) in [5, 5.41) is 65.1. The van der Waals surface area contributed by atoms with Crippen molar-refractivity contribution in [2.45, 2.75) is 358 Å². The molecule has 0 aromatic heterocycles. The van der Waals surface area contributed by atoms with E-state index in [-0.39, 0.29) is 6.61 Å².